The highest BCUT2D eigenvalue weighted by Gasteiger charge is 2.29. The number of aromatic nitrogens is 5. The van der Waals surface area contributed by atoms with Crippen molar-refractivity contribution in [2.45, 2.75) is 57.0 Å². The Morgan fingerprint density at radius 3 is 3.04 bits per heavy atom. The van der Waals surface area contributed by atoms with Gasteiger partial charge >= 0.3 is 0 Å². The first-order valence-electron chi connectivity index (χ1n) is 10.1. The molecule has 7 nitrogen and oxygen atoms in total. The zero-order chi connectivity index (χ0) is 18.8. The van der Waals surface area contributed by atoms with Crippen molar-refractivity contribution in [2.24, 2.45) is 0 Å². The second-order valence-electron chi connectivity index (χ2n) is 7.73. The zero-order valence-corrected chi connectivity index (χ0v) is 15.8. The Balaban J connectivity index is 1.42. The molecule has 0 saturated heterocycles. The van der Waals surface area contributed by atoms with Crippen LogP contribution in [-0.4, -0.2) is 31.5 Å². The number of pyridine rings is 1. The average molecular weight is 376 g/mol. The molecular weight excluding hydrogens is 352 g/mol. The van der Waals surface area contributed by atoms with Gasteiger partial charge < -0.3 is 10.1 Å². The van der Waals surface area contributed by atoms with Gasteiger partial charge in [-0.3, -0.25) is 10.1 Å². The lowest BCUT2D eigenvalue weighted by molar-refractivity contribution is 0.197. The minimum atomic E-state index is 0.177. The fourth-order valence-electron chi connectivity index (χ4n) is 4.16. The Kier molecular flexibility index (Phi) is 4.64. The maximum absolute atomic E-state index is 6.14. The summed E-state index contributed by atoms with van der Waals surface area (Å²) in [7, 11) is 0. The summed E-state index contributed by atoms with van der Waals surface area (Å²) in [5.41, 5.74) is 4.46. The Morgan fingerprint density at radius 2 is 2.04 bits per heavy atom. The van der Waals surface area contributed by atoms with E-state index in [0.29, 0.717) is 11.8 Å². The number of nitrogens with one attached hydrogen (secondary N) is 2. The molecule has 0 amide bonds. The highest BCUT2D eigenvalue weighted by Crippen LogP contribution is 2.36. The third-order valence-electron chi connectivity index (χ3n) is 5.64. The summed E-state index contributed by atoms with van der Waals surface area (Å²) in [6, 6.07) is 8.25. The largest absolute Gasteiger partial charge is 0.473 e. The van der Waals surface area contributed by atoms with E-state index in [1.807, 2.05) is 24.5 Å². The molecule has 2 aliphatic rings. The lowest BCUT2D eigenvalue weighted by atomic mass is 10.0. The Hall–Kier alpha value is -2.96. The predicted octanol–water partition coefficient (Wildman–Crippen LogP) is 3.93. The average Bonchev–Trinajstić information content (AvgIpc) is 3.35. The van der Waals surface area contributed by atoms with Crippen LogP contribution in [0.4, 0.5) is 11.5 Å². The molecule has 5 rings (SSSR count). The number of anilines is 2. The molecule has 2 atom stereocenters. The van der Waals surface area contributed by atoms with Crippen LogP contribution in [0.25, 0.3) is 0 Å². The smallest absolute Gasteiger partial charge is 0.233 e. The summed E-state index contributed by atoms with van der Waals surface area (Å²) in [5, 5.41) is 19.4. The fourth-order valence-corrected chi connectivity index (χ4v) is 4.16. The van der Waals surface area contributed by atoms with E-state index >= 15 is 0 Å². The van der Waals surface area contributed by atoms with Gasteiger partial charge in [-0.2, -0.15) is 10.2 Å². The maximum Gasteiger partial charge on any atom is 0.233 e. The Morgan fingerprint density at radius 1 is 1.07 bits per heavy atom. The van der Waals surface area contributed by atoms with Crippen LogP contribution in [0.15, 0.2) is 36.7 Å². The SMILES string of the molecule is c1cc2cc(n1)CCCCc1cnnc(c1)O[C@@H]1CC[C@@H](C1)c1cc(n[nH]1)N2. The van der Waals surface area contributed by atoms with Gasteiger partial charge in [0.05, 0.1) is 6.20 Å². The molecule has 3 aromatic heterocycles. The zero-order valence-electron chi connectivity index (χ0n) is 15.8. The second-order valence-corrected chi connectivity index (χ2v) is 7.73. The third kappa shape index (κ3) is 3.83. The van der Waals surface area contributed by atoms with Crippen LogP contribution >= 0.6 is 0 Å². The topological polar surface area (TPSA) is 88.6 Å². The number of H-pyrrole nitrogens is 1. The molecule has 1 saturated carbocycles. The van der Waals surface area contributed by atoms with Gasteiger partial charge in [0.2, 0.25) is 5.88 Å². The highest BCUT2D eigenvalue weighted by molar-refractivity contribution is 5.56. The van der Waals surface area contributed by atoms with E-state index in [9.17, 15) is 0 Å². The molecule has 2 N–H and O–H groups in total. The lowest BCUT2D eigenvalue weighted by Crippen LogP contribution is -2.13. The van der Waals surface area contributed by atoms with E-state index in [2.05, 4.69) is 42.8 Å². The van der Waals surface area contributed by atoms with Crippen molar-refractivity contribution in [2.75, 3.05) is 5.32 Å². The molecule has 1 aliphatic heterocycles. The van der Waals surface area contributed by atoms with E-state index in [4.69, 9.17) is 4.74 Å². The summed E-state index contributed by atoms with van der Waals surface area (Å²) in [5.74, 6) is 1.91. The van der Waals surface area contributed by atoms with E-state index in [-0.39, 0.29) is 6.10 Å². The van der Waals surface area contributed by atoms with Crippen molar-refractivity contribution >= 4 is 11.5 Å². The molecule has 4 heterocycles. The number of aryl methyl sites for hydroxylation is 2. The Bertz CT molecular complexity index is 955. The van der Waals surface area contributed by atoms with Crippen molar-refractivity contribution in [1.29, 1.82) is 0 Å². The van der Waals surface area contributed by atoms with Crippen LogP contribution in [0.2, 0.25) is 0 Å². The molecular formula is C21H24N6O. The van der Waals surface area contributed by atoms with Crippen LogP contribution in [0.3, 0.4) is 0 Å². The van der Waals surface area contributed by atoms with E-state index in [1.165, 1.54) is 5.56 Å². The van der Waals surface area contributed by atoms with Crippen LogP contribution in [0, 0.1) is 0 Å². The third-order valence-corrected chi connectivity index (χ3v) is 5.64. The molecule has 144 valence electrons. The van der Waals surface area contributed by atoms with Crippen molar-refractivity contribution < 1.29 is 4.74 Å². The van der Waals surface area contributed by atoms with Crippen molar-refractivity contribution in [3.63, 3.8) is 0 Å². The molecule has 0 aromatic carbocycles. The molecule has 28 heavy (non-hydrogen) atoms. The first kappa shape index (κ1) is 17.2. The van der Waals surface area contributed by atoms with Crippen molar-refractivity contribution in [3.8, 4) is 5.88 Å². The quantitative estimate of drug-likeness (QED) is 0.618. The standard InChI is InChI=1S/C21H24N6O/c1-2-4-16-11-17(7-8-22-16)24-20-12-19(25-26-20)15-5-6-18(10-15)28-21-9-14(3-1)13-23-27-21/h7-9,11-13,15,18H,1-6,10H2,(H2,24,25,26)/t15-,18+/m0/s1. The van der Waals surface area contributed by atoms with Gasteiger partial charge in [0.1, 0.15) is 6.10 Å². The fraction of sp³-hybridized carbons (Fsp3) is 0.429. The summed E-state index contributed by atoms with van der Waals surface area (Å²) in [6.07, 6.45) is 11.0. The predicted molar refractivity (Wildman–Crippen MR) is 106 cm³/mol. The minimum Gasteiger partial charge on any atom is -0.473 e. The van der Waals surface area contributed by atoms with Gasteiger partial charge in [-0.25, -0.2) is 0 Å². The summed E-state index contributed by atoms with van der Waals surface area (Å²) >= 11 is 0. The molecule has 3 aromatic rings. The monoisotopic (exact) mass is 376 g/mol. The summed E-state index contributed by atoms with van der Waals surface area (Å²) in [6.45, 7) is 0. The second kappa shape index (κ2) is 7.58. The van der Waals surface area contributed by atoms with Crippen LogP contribution in [0.5, 0.6) is 5.88 Å². The first-order valence-corrected chi connectivity index (χ1v) is 10.1. The molecule has 0 radical (unpaired) electrons. The van der Waals surface area contributed by atoms with Crippen LogP contribution in [0.1, 0.15) is 55.0 Å². The summed E-state index contributed by atoms with van der Waals surface area (Å²) < 4.78 is 6.14. The van der Waals surface area contributed by atoms with Crippen LogP contribution < -0.4 is 10.1 Å². The molecule has 0 unspecified atom stereocenters. The maximum atomic E-state index is 6.14. The lowest BCUT2D eigenvalue weighted by Gasteiger charge is -2.13. The number of hydrogen-bond donors (Lipinski definition) is 2. The van der Waals surface area contributed by atoms with Gasteiger partial charge in [0.25, 0.3) is 0 Å². The van der Waals surface area contributed by atoms with Crippen molar-refractivity contribution in [3.05, 3.63) is 53.6 Å². The van der Waals surface area contributed by atoms with E-state index in [0.717, 1.165) is 67.8 Å². The van der Waals surface area contributed by atoms with Gasteiger partial charge in [-0.05, 0) is 62.6 Å². The number of rotatable bonds is 0. The Labute approximate surface area is 164 Å². The molecule has 1 aliphatic carbocycles. The normalized spacial score (nSPS) is 21.9. The van der Waals surface area contributed by atoms with Gasteiger partial charge in [0.15, 0.2) is 5.82 Å². The van der Waals surface area contributed by atoms with Gasteiger partial charge in [-0.1, -0.05) is 0 Å². The molecule has 7 heteroatoms. The number of nitrogens with zero attached hydrogens (tertiary/aromatic N) is 4. The highest BCUT2D eigenvalue weighted by atomic mass is 16.5. The number of hydrogen-bond acceptors (Lipinski definition) is 6. The van der Waals surface area contributed by atoms with Crippen molar-refractivity contribution in [1.82, 2.24) is 25.4 Å². The summed E-state index contributed by atoms with van der Waals surface area (Å²) in [4.78, 5) is 4.50. The molecule has 8 bridgehead atoms. The number of fused-ring (bicyclic) bond motifs is 9. The van der Waals surface area contributed by atoms with Gasteiger partial charge in [0, 0.05) is 41.3 Å². The first-order chi connectivity index (χ1) is 13.8. The van der Waals surface area contributed by atoms with E-state index < -0.39 is 0 Å². The number of aromatic amines is 1. The molecule has 1 fully saturated rings. The minimum absolute atomic E-state index is 0.177. The van der Waals surface area contributed by atoms with E-state index in [1.54, 1.807) is 0 Å². The van der Waals surface area contributed by atoms with Crippen LogP contribution in [-0.2, 0) is 12.8 Å². The number of ether oxygens (including phenoxy) is 1. The van der Waals surface area contributed by atoms with Gasteiger partial charge in [-0.15, -0.1) is 5.10 Å². The molecule has 0 spiro atoms.